The summed E-state index contributed by atoms with van der Waals surface area (Å²) in [5.41, 5.74) is 0.895. The van der Waals surface area contributed by atoms with Gasteiger partial charge in [0.2, 0.25) is 5.91 Å². The van der Waals surface area contributed by atoms with Crippen LogP contribution in [0.25, 0.3) is 0 Å². The Bertz CT molecular complexity index is 930. The highest BCUT2D eigenvalue weighted by Gasteiger charge is 2.33. The number of hydrogen-bond acceptors (Lipinski definition) is 6. The number of hydrogen-bond donors (Lipinski definition) is 2. The zero-order valence-corrected chi connectivity index (χ0v) is 17.7. The van der Waals surface area contributed by atoms with E-state index >= 15 is 0 Å². The molecule has 1 aromatic carbocycles. The maximum Gasteiger partial charge on any atom is 0.335 e. The SMILES string of the molecule is CN1CC(=O)N(CCCC(=O)O)C1=O.CN1CC(=O)N(Cc2ccc(C(=O)O)cc2)C1=O. The van der Waals surface area contributed by atoms with Gasteiger partial charge in [0, 0.05) is 27.1 Å². The van der Waals surface area contributed by atoms with Crippen LogP contribution < -0.4 is 0 Å². The van der Waals surface area contributed by atoms with Crippen LogP contribution in [0.1, 0.15) is 28.8 Å². The zero-order chi connectivity index (χ0) is 24.0. The Morgan fingerprint density at radius 2 is 1.34 bits per heavy atom. The van der Waals surface area contributed by atoms with Crippen molar-refractivity contribution >= 4 is 35.8 Å². The summed E-state index contributed by atoms with van der Waals surface area (Å²) < 4.78 is 0. The summed E-state index contributed by atoms with van der Waals surface area (Å²) in [6.07, 6.45) is 0.279. The molecule has 0 aromatic heterocycles. The van der Waals surface area contributed by atoms with Gasteiger partial charge in [-0.05, 0) is 24.1 Å². The Morgan fingerprint density at radius 3 is 1.75 bits per heavy atom. The van der Waals surface area contributed by atoms with E-state index in [1.165, 1.54) is 29.0 Å². The third-order valence-corrected chi connectivity index (χ3v) is 4.78. The second-order valence-corrected chi connectivity index (χ2v) is 7.30. The van der Waals surface area contributed by atoms with Gasteiger partial charge >= 0.3 is 24.0 Å². The molecule has 1 aromatic rings. The number of aromatic carboxylic acids is 1. The first kappa shape index (κ1) is 24.3. The molecule has 0 radical (unpaired) electrons. The number of likely N-dealkylation sites (N-methyl/N-ethyl adjacent to an activating group) is 2. The summed E-state index contributed by atoms with van der Waals surface area (Å²) in [5.74, 6) is -2.43. The molecule has 6 amide bonds. The van der Waals surface area contributed by atoms with Crippen LogP contribution in [0, 0.1) is 0 Å². The minimum atomic E-state index is -1.00. The quantitative estimate of drug-likeness (QED) is 0.572. The Labute approximate surface area is 183 Å². The predicted molar refractivity (Wildman–Crippen MR) is 109 cm³/mol. The molecular weight excluding hydrogens is 424 g/mol. The monoisotopic (exact) mass is 448 g/mol. The zero-order valence-electron chi connectivity index (χ0n) is 17.7. The van der Waals surface area contributed by atoms with Gasteiger partial charge in [-0.15, -0.1) is 0 Å². The lowest BCUT2D eigenvalue weighted by atomic mass is 10.1. The number of benzene rings is 1. The third kappa shape index (κ3) is 6.03. The molecule has 0 atom stereocenters. The Kier molecular flexibility index (Phi) is 7.88. The van der Waals surface area contributed by atoms with Crippen molar-refractivity contribution in [1.82, 2.24) is 19.6 Å². The molecule has 3 rings (SSSR count). The van der Waals surface area contributed by atoms with Crippen LogP contribution >= 0.6 is 0 Å². The Balaban J connectivity index is 0.000000235. The number of carboxylic acid groups (broad SMARTS) is 2. The lowest BCUT2D eigenvalue weighted by Crippen LogP contribution is -2.32. The third-order valence-electron chi connectivity index (χ3n) is 4.78. The molecule has 12 heteroatoms. The van der Waals surface area contributed by atoms with Gasteiger partial charge in [0.05, 0.1) is 12.1 Å². The van der Waals surface area contributed by atoms with E-state index in [1.54, 1.807) is 19.2 Å². The molecule has 0 unspecified atom stereocenters. The van der Waals surface area contributed by atoms with E-state index in [1.807, 2.05) is 0 Å². The summed E-state index contributed by atoms with van der Waals surface area (Å²) in [7, 11) is 3.10. The molecule has 172 valence electrons. The van der Waals surface area contributed by atoms with Crippen LogP contribution in [-0.2, 0) is 20.9 Å². The van der Waals surface area contributed by atoms with Crippen LogP contribution in [0.15, 0.2) is 24.3 Å². The number of aliphatic carboxylic acids is 1. The van der Waals surface area contributed by atoms with Crippen molar-refractivity contribution in [3.8, 4) is 0 Å². The van der Waals surface area contributed by atoms with Gasteiger partial charge in [0.1, 0.15) is 13.1 Å². The number of carbonyl (C=O) groups excluding carboxylic acids is 4. The van der Waals surface area contributed by atoms with Crippen LogP contribution in [0.3, 0.4) is 0 Å². The molecule has 0 spiro atoms. The van der Waals surface area contributed by atoms with E-state index in [0.717, 1.165) is 15.4 Å². The summed E-state index contributed by atoms with van der Waals surface area (Å²) in [4.78, 5) is 71.4. The van der Waals surface area contributed by atoms with Gasteiger partial charge in [0.25, 0.3) is 5.91 Å². The first-order chi connectivity index (χ1) is 15.0. The number of nitrogens with zero attached hydrogens (tertiary/aromatic N) is 4. The van der Waals surface area contributed by atoms with Gasteiger partial charge in [0.15, 0.2) is 0 Å². The number of rotatable bonds is 7. The highest BCUT2D eigenvalue weighted by Crippen LogP contribution is 2.14. The average Bonchev–Trinajstić information content (AvgIpc) is 3.11. The van der Waals surface area contributed by atoms with E-state index < -0.39 is 11.9 Å². The fourth-order valence-corrected chi connectivity index (χ4v) is 3.04. The van der Waals surface area contributed by atoms with Gasteiger partial charge in [-0.1, -0.05) is 12.1 Å². The maximum absolute atomic E-state index is 11.6. The van der Waals surface area contributed by atoms with Crippen LogP contribution in [0.2, 0.25) is 0 Å². The number of carbonyl (C=O) groups is 6. The number of amides is 6. The second kappa shape index (κ2) is 10.4. The first-order valence-electron chi connectivity index (χ1n) is 9.66. The Hall–Kier alpha value is -3.96. The minimum Gasteiger partial charge on any atom is -0.481 e. The Morgan fingerprint density at radius 1 is 0.844 bits per heavy atom. The van der Waals surface area contributed by atoms with Gasteiger partial charge < -0.3 is 20.0 Å². The van der Waals surface area contributed by atoms with Crippen molar-refractivity contribution in [3.05, 3.63) is 35.4 Å². The second-order valence-electron chi connectivity index (χ2n) is 7.30. The molecule has 2 aliphatic heterocycles. The van der Waals surface area contributed by atoms with Crippen molar-refractivity contribution in [3.63, 3.8) is 0 Å². The fraction of sp³-hybridized carbons (Fsp3) is 0.400. The largest absolute Gasteiger partial charge is 0.481 e. The topological polar surface area (TPSA) is 156 Å². The van der Waals surface area contributed by atoms with Gasteiger partial charge in [-0.2, -0.15) is 0 Å². The molecule has 0 bridgehead atoms. The number of urea groups is 2. The molecule has 32 heavy (non-hydrogen) atoms. The predicted octanol–water partition coefficient (Wildman–Crippen LogP) is 0.524. The lowest BCUT2D eigenvalue weighted by molar-refractivity contribution is -0.137. The molecule has 2 heterocycles. The van der Waals surface area contributed by atoms with Crippen molar-refractivity contribution in [2.24, 2.45) is 0 Å². The molecule has 2 saturated heterocycles. The fourth-order valence-electron chi connectivity index (χ4n) is 3.04. The molecule has 2 aliphatic rings. The number of imide groups is 2. The molecule has 0 aliphatic carbocycles. The molecule has 12 nitrogen and oxygen atoms in total. The highest BCUT2D eigenvalue weighted by atomic mass is 16.4. The summed E-state index contributed by atoms with van der Waals surface area (Å²) >= 11 is 0. The van der Waals surface area contributed by atoms with Gasteiger partial charge in [-0.25, -0.2) is 14.4 Å². The maximum atomic E-state index is 11.6. The molecule has 2 N–H and O–H groups in total. The van der Waals surface area contributed by atoms with Crippen molar-refractivity contribution in [2.45, 2.75) is 19.4 Å². The van der Waals surface area contributed by atoms with E-state index in [9.17, 15) is 28.8 Å². The van der Waals surface area contributed by atoms with E-state index in [-0.39, 0.29) is 62.0 Å². The summed E-state index contributed by atoms with van der Waals surface area (Å²) in [6.45, 7) is 0.536. The smallest absolute Gasteiger partial charge is 0.335 e. The van der Waals surface area contributed by atoms with E-state index in [2.05, 4.69) is 0 Å². The van der Waals surface area contributed by atoms with Crippen molar-refractivity contribution in [1.29, 1.82) is 0 Å². The van der Waals surface area contributed by atoms with Crippen LogP contribution in [0.5, 0.6) is 0 Å². The first-order valence-corrected chi connectivity index (χ1v) is 9.66. The van der Waals surface area contributed by atoms with Crippen LogP contribution in [-0.4, -0.2) is 99.4 Å². The van der Waals surface area contributed by atoms with Crippen LogP contribution in [0.4, 0.5) is 9.59 Å². The van der Waals surface area contributed by atoms with E-state index in [0.29, 0.717) is 6.42 Å². The minimum absolute atomic E-state index is 0.0270. The summed E-state index contributed by atoms with van der Waals surface area (Å²) in [6, 6.07) is 5.42. The number of carboxylic acids is 2. The molecule has 0 saturated carbocycles. The van der Waals surface area contributed by atoms with Gasteiger partial charge in [-0.3, -0.25) is 24.2 Å². The summed E-state index contributed by atoms with van der Waals surface area (Å²) in [5, 5.41) is 17.1. The average molecular weight is 448 g/mol. The highest BCUT2D eigenvalue weighted by molar-refractivity contribution is 6.02. The normalized spacial score (nSPS) is 15.9. The lowest BCUT2D eigenvalue weighted by Gasteiger charge is -2.14. The molecule has 2 fully saturated rings. The van der Waals surface area contributed by atoms with Crippen molar-refractivity contribution in [2.75, 3.05) is 33.7 Å². The van der Waals surface area contributed by atoms with E-state index in [4.69, 9.17) is 10.2 Å². The standard InChI is InChI=1S/C12H12N2O4.C8H12N2O4/c1-13-7-10(15)14(12(13)18)6-8-2-4-9(5-3-8)11(16)17;1-9-5-6(11)10(8(9)14)4-2-3-7(12)13/h2-5H,6-7H2,1H3,(H,16,17);2-5H2,1H3,(H,12,13). The molecular formula is C20H24N4O8. The van der Waals surface area contributed by atoms with Crippen molar-refractivity contribution < 1.29 is 39.0 Å².